The molecule has 0 spiro atoms. The Bertz CT molecular complexity index is 617. The van der Waals surface area contributed by atoms with Gasteiger partial charge in [-0.15, -0.1) is 0 Å². The van der Waals surface area contributed by atoms with Gasteiger partial charge in [0.05, 0.1) is 17.1 Å². The van der Waals surface area contributed by atoms with E-state index in [1.807, 2.05) is 0 Å². The lowest BCUT2D eigenvalue weighted by Gasteiger charge is -2.06. The van der Waals surface area contributed by atoms with E-state index < -0.39 is 10.9 Å². The number of carbonyl (C=O) groups is 2. The topological polar surface area (TPSA) is 95.7 Å². The zero-order chi connectivity index (χ0) is 20.6. The smallest absolute Gasteiger partial charge is 0.306 e. The molecule has 1 aromatic rings. The van der Waals surface area contributed by atoms with Crippen LogP contribution < -0.4 is 0 Å². The number of hydrogen-bond donors (Lipinski definition) is 0. The number of para-hydroxylation sites is 1. The molecule has 0 saturated heterocycles. The molecule has 0 saturated carbocycles. The van der Waals surface area contributed by atoms with Gasteiger partial charge in [0.2, 0.25) is 0 Å². The molecule has 0 fully saturated rings. The highest BCUT2D eigenvalue weighted by Crippen LogP contribution is 2.18. The monoisotopic (exact) mass is 393 g/mol. The second-order valence-electron chi connectivity index (χ2n) is 6.74. The second kappa shape index (κ2) is 14.6. The first kappa shape index (κ1) is 23.6. The summed E-state index contributed by atoms with van der Waals surface area (Å²) in [5.41, 5.74) is 0.263. The number of nitrogens with zero attached hydrogens (tertiary/aromatic N) is 1. The number of carbonyl (C=O) groups excluding carboxylic acids is 2. The van der Waals surface area contributed by atoms with Crippen molar-refractivity contribution in [2.45, 2.75) is 77.7 Å². The summed E-state index contributed by atoms with van der Waals surface area (Å²) in [7, 11) is 0. The van der Waals surface area contributed by atoms with Crippen LogP contribution in [0.5, 0.6) is 0 Å². The van der Waals surface area contributed by atoms with Crippen LogP contribution in [-0.2, 0) is 25.7 Å². The summed E-state index contributed by atoms with van der Waals surface area (Å²) in [6, 6.07) is 6.12. The summed E-state index contributed by atoms with van der Waals surface area (Å²) in [4.78, 5) is 33.8. The van der Waals surface area contributed by atoms with Crippen LogP contribution in [0, 0.1) is 10.1 Å². The third-order valence-electron chi connectivity index (χ3n) is 4.35. The molecule has 0 bridgehead atoms. The predicted octanol–water partition coefficient (Wildman–Crippen LogP) is 5.10. The van der Waals surface area contributed by atoms with Crippen LogP contribution in [-0.4, -0.2) is 23.5 Å². The minimum absolute atomic E-state index is 0.0765. The van der Waals surface area contributed by atoms with E-state index in [2.05, 4.69) is 6.92 Å². The van der Waals surface area contributed by atoms with Gasteiger partial charge >= 0.3 is 11.9 Å². The average Bonchev–Trinajstić information content (AvgIpc) is 2.68. The number of unbranched alkanes of at least 4 members (excludes halogenated alkanes) is 6. The van der Waals surface area contributed by atoms with Crippen LogP contribution in [0.2, 0.25) is 0 Å². The van der Waals surface area contributed by atoms with Gasteiger partial charge in [-0.25, -0.2) is 0 Å². The maximum Gasteiger partial charge on any atom is 0.306 e. The van der Waals surface area contributed by atoms with Crippen molar-refractivity contribution in [2.75, 3.05) is 6.61 Å². The van der Waals surface area contributed by atoms with Crippen LogP contribution in [0.3, 0.4) is 0 Å². The molecule has 7 nitrogen and oxygen atoms in total. The molecule has 7 heteroatoms. The largest absolute Gasteiger partial charge is 0.466 e. The van der Waals surface area contributed by atoms with Crippen molar-refractivity contribution in [3.8, 4) is 0 Å². The highest BCUT2D eigenvalue weighted by molar-refractivity contribution is 5.72. The predicted molar refractivity (Wildman–Crippen MR) is 106 cm³/mol. The molecule has 156 valence electrons. The van der Waals surface area contributed by atoms with E-state index in [1.165, 1.54) is 38.2 Å². The van der Waals surface area contributed by atoms with Crippen molar-refractivity contribution in [1.29, 1.82) is 0 Å². The van der Waals surface area contributed by atoms with Gasteiger partial charge in [-0.3, -0.25) is 19.7 Å². The van der Waals surface area contributed by atoms with Crippen LogP contribution in [0.25, 0.3) is 0 Å². The van der Waals surface area contributed by atoms with Crippen molar-refractivity contribution >= 4 is 17.6 Å². The zero-order valence-corrected chi connectivity index (χ0v) is 16.7. The molecular formula is C21H31NO6. The number of esters is 2. The number of ether oxygens (including phenoxy) is 2. The third kappa shape index (κ3) is 10.6. The van der Waals surface area contributed by atoms with Crippen molar-refractivity contribution in [3.63, 3.8) is 0 Å². The van der Waals surface area contributed by atoms with E-state index >= 15 is 0 Å². The summed E-state index contributed by atoms with van der Waals surface area (Å²) >= 11 is 0. The first-order valence-corrected chi connectivity index (χ1v) is 10.1. The fourth-order valence-electron chi connectivity index (χ4n) is 2.74. The highest BCUT2D eigenvalue weighted by Gasteiger charge is 2.14. The molecular weight excluding hydrogens is 362 g/mol. The minimum atomic E-state index is -0.510. The lowest BCUT2D eigenvalue weighted by Crippen LogP contribution is -2.09. The van der Waals surface area contributed by atoms with Gasteiger partial charge < -0.3 is 9.47 Å². The molecule has 0 aliphatic carbocycles. The molecule has 0 aliphatic rings. The van der Waals surface area contributed by atoms with Gasteiger partial charge in [-0.1, -0.05) is 57.6 Å². The van der Waals surface area contributed by atoms with E-state index in [-0.39, 0.29) is 31.1 Å². The molecule has 0 N–H and O–H groups in total. The third-order valence-corrected chi connectivity index (χ3v) is 4.35. The van der Waals surface area contributed by atoms with E-state index in [9.17, 15) is 19.7 Å². The SMILES string of the molecule is CCCCCCCCCOC(=O)CCCC(=O)OCc1ccccc1[N+](=O)[O-]. The maximum absolute atomic E-state index is 11.7. The summed E-state index contributed by atoms with van der Waals surface area (Å²) in [5, 5.41) is 10.9. The van der Waals surface area contributed by atoms with Gasteiger partial charge in [0, 0.05) is 18.9 Å². The fraction of sp³-hybridized carbons (Fsp3) is 0.619. The lowest BCUT2D eigenvalue weighted by atomic mass is 10.1. The Morgan fingerprint density at radius 1 is 0.893 bits per heavy atom. The normalized spacial score (nSPS) is 10.5. The van der Waals surface area contributed by atoms with Gasteiger partial charge in [0.15, 0.2) is 0 Å². The molecule has 1 rings (SSSR count). The van der Waals surface area contributed by atoms with Crippen molar-refractivity contribution in [1.82, 2.24) is 0 Å². The Kier molecular flexibility index (Phi) is 12.3. The highest BCUT2D eigenvalue weighted by atomic mass is 16.6. The first-order valence-electron chi connectivity index (χ1n) is 10.1. The van der Waals surface area contributed by atoms with Crippen molar-refractivity contribution in [3.05, 3.63) is 39.9 Å². The number of rotatable bonds is 15. The molecule has 0 unspecified atom stereocenters. The summed E-state index contributed by atoms with van der Waals surface area (Å²) in [6.07, 6.45) is 8.69. The molecule has 0 radical (unpaired) electrons. The van der Waals surface area contributed by atoms with E-state index in [0.29, 0.717) is 18.6 Å². The van der Waals surface area contributed by atoms with Gasteiger partial charge in [-0.05, 0) is 18.9 Å². The number of benzene rings is 1. The number of nitro benzene ring substituents is 1. The lowest BCUT2D eigenvalue weighted by molar-refractivity contribution is -0.385. The van der Waals surface area contributed by atoms with Gasteiger partial charge in [0.25, 0.3) is 5.69 Å². The standard InChI is InChI=1S/C21H31NO6/c1-2-3-4-5-6-7-10-16-27-20(23)14-11-15-21(24)28-17-18-12-8-9-13-19(18)22(25)26/h8-9,12-13H,2-7,10-11,14-17H2,1H3. The van der Waals surface area contributed by atoms with Gasteiger partial charge in [0.1, 0.15) is 6.61 Å². The number of hydrogen-bond acceptors (Lipinski definition) is 6. The Labute approximate surface area is 166 Å². The van der Waals surface area contributed by atoms with Crippen molar-refractivity contribution < 1.29 is 24.0 Å². The molecule has 1 aromatic carbocycles. The number of nitro groups is 1. The van der Waals surface area contributed by atoms with Crippen molar-refractivity contribution in [2.24, 2.45) is 0 Å². The fourth-order valence-corrected chi connectivity index (χ4v) is 2.74. The zero-order valence-electron chi connectivity index (χ0n) is 16.7. The first-order chi connectivity index (χ1) is 13.5. The molecule has 0 aromatic heterocycles. The molecule has 0 amide bonds. The Hall–Kier alpha value is -2.44. The summed E-state index contributed by atoms with van der Waals surface area (Å²) in [6.45, 7) is 2.46. The molecule has 0 atom stereocenters. The van der Waals surface area contributed by atoms with E-state index in [4.69, 9.17) is 9.47 Å². The molecule has 0 aliphatic heterocycles. The molecule has 0 heterocycles. The van der Waals surface area contributed by atoms with Crippen LogP contribution in [0.4, 0.5) is 5.69 Å². The maximum atomic E-state index is 11.7. The van der Waals surface area contributed by atoms with Crippen LogP contribution in [0.15, 0.2) is 24.3 Å². The molecule has 28 heavy (non-hydrogen) atoms. The second-order valence-corrected chi connectivity index (χ2v) is 6.74. The van der Waals surface area contributed by atoms with Crippen LogP contribution >= 0.6 is 0 Å². The van der Waals surface area contributed by atoms with Crippen LogP contribution in [0.1, 0.15) is 76.7 Å². The summed E-state index contributed by atoms with van der Waals surface area (Å²) in [5.74, 6) is -0.796. The average molecular weight is 393 g/mol. The Balaban J connectivity index is 2.08. The Morgan fingerprint density at radius 2 is 1.50 bits per heavy atom. The Morgan fingerprint density at radius 3 is 2.18 bits per heavy atom. The minimum Gasteiger partial charge on any atom is -0.466 e. The quantitative estimate of drug-likeness (QED) is 0.178. The summed E-state index contributed by atoms with van der Waals surface area (Å²) < 4.78 is 10.2. The van der Waals surface area contributed by atoms with E-state index in [1.54, 1.807) is 18.2 Å². The van der Waals surface area contributed by atoms with Gasteiger partial charge in [-0.2, -0.15) is 0 Å². The van der Waals surface area contributed by atoms with E-state index in [0.717, 1.165) is 12.8 Å².